The molecule has 1 aliphatic heterocycles. The highest BCUT2D eigenvalue weighted by Gasteiger charge is 2.22. The molecule has 26 heavy (non-hydrogen) atoms. The van der Waals surface area contributed by atoms with Gasteiger partial charge in [0.2, 0.25) is 0 Å². The number of nitrogens with one attached hydrogen (secondary N) is 2. The van der Waals surface area contributed by atoms with Gasteiger partial charge in [0, 0.05) is 43.4 Å². The number of anilines is 1. The van der Waals surface area contributed by atoms with Crippen molar-refractivity contribution in [1.82, 2.24) is 25.4 Å². The van der Waals surface area contributed by atoms with Crippen molar-refractivity contribution in [3.05, 3.63) is 40.9 Å². The first kappa shape index (κ1) is 18.7. The Kier molecular flexibility index (Phi) is 6.49. The molecule has 8 heteroatoms. The van der Waals surface area contributed by atoms with Gasteiger partial charge < -0.3 is 15.5 Å². The SMILES string of the molecule is CCNC(=NCc1ncnn1C)NCC1CCN(c2cccc(Br)c2)C1. The predicted octanol–water partition coefficient (Wildman–Crippen LogP) is 2.16. The van der Waals surface area contributed by atoms with Crippen LogP contribution in [0.15, 0.2) is 40.1 Å². The Hall–Kier alpha value is -2.09. The highest BCUT2D eigenvalue weighted by atomic mass is 79.9. The van der Waals surface area contributed by atoms with Crippen LogP contribution in [0.25, 0.3) is 0 Å². The average Bonchev–Trinajstić information content (AvgIpc) is 3.26. The standard InChI is InChI=1S/C18H26BrN7/c1-3-20-18(22-11-17-23-13-24-25(17)2)21-10-14-7-8-26(12-14)16-6-4-5-15(19)9-16/h4-6,9,13-14H,3,7-8,10-12H2,1-2H3,(H2,20,21,22). The summed E-state index contributed by atoms with van der Waals surface area (Å²) in [6.45, 7) is 6.49. The predicted molar refractivity (Wildman–Crippen MR) is 108 cm³/mol. The second-order valence-electron chi connectivity index (χ2n) is 6.46. The zero-order valence-corrected chi connectivity index (χ0v) is 16.9. The van der Waals surface area contributed by atoms with E-state index in [9.17, 15) is 0 Å². The highest BCUT2D eigenvalue weighted by Crippen LogP contribution is 2.25. The van der Waals surface area contributed by atoms with Crippen LogP contribution < -0.4 is 15.5 Å². The molecule has 2 N–H and O–H groups in total. The molecule has 0 bridgehead atoms. The van der Waals surface area contributed by atoms with E-state index in [1.807, 2.05) is 7.05 Å². The lowest BCUT2D eigenvalue weighted by Crippen LogP contribution is -2.40. The molecule has 1 aromatic carbocycles. The maximum Gasteiger partial charge on any atom is 0.191 e. The molecule has 140 valence electrons. The Balaban J connectivity index is 1.52. The molecule has 2 heterocycles. The van der Waals surface area contributed by atoms with Crippen molar-refractivity contribution in [1.29, 1.82) is 0 Å². The topological polar surface area (TPSA) is 70.4 Å². The molecule has 2 aromatic rings. The molecule has 0 radical (unpaired) electrons. The summed E-state index contributed by atoms with van der Waals surface area (Å²) in [5.74, 6) is 2.29. The second kappa shape index (κ2) is 9.02. The smallest absolute Gasteiger partial charge is 0.191 e. The van der Waals surface area contributed by atoms with Crippen molar-refractivity contribution < 1.29 is 0 Å². The van der Waals surface area contributed by atoms with Gasteiger partial charge in [0.25, 0.3) is 0 Å². The summed E-state index contributed by atoms with van der Waals surface area (Å²) in [5.41, 5.74) is 1.28. The molecule has 0 amide bonds. The van der Waals surface area contributed by atoms with E-state index in [2.05, 4.69) is 77.7 Å². The van der Waals surface area contributed by atoms with E-state index in [0.717, 1.165) is 42.4 Å². The van der Waals surface area contributed by atoms with Crippen LogP contribution in [0.2, 0.25) is 0 Å². The van der Waals surface area contributed by atoms with Gasteiger partial charge in [-0.05, 0) is 37.5 Å². The van der Waals surface area contributed by atoms with Crippen LogP contribution in [-0.2, 0) is 13.6 Å². The molecule has 0 aliphatic carbocycles. The van der Waals surface area contributed by atoms with E-state index in [1.54, 1.807) is 11.0 Å². The number of guanidine groups is 1. The number of aryl methyl sites for hydroxylation is 1. The van der Waals surface area contributed by atoms with Gasteiger partial charge in [-0.15, -0.1) is 0 Å². The quantitative estimate of drug-likeness (QED) is 0.554. The molecule has 1 unspecified atom stereocenters. The maximum atomic E-state index is 4.62. The number of aliphatic imine (C=N–C) groups is 1. The molecule has 7 nitrogen and oxygen atoms in total. The van der Waals surface area contributed by atoms with Crippen molar-refractivity contribution in [2.24, 2.45) is 18.0 Å². The minimum Gasteiger partial charge on any atom is -0.371 e. The molecule has 0 saturated carbocycles. The largest absolute Gasteiger partial charge is 0.371 e. The molecule has 1 atom stereocenters. The summed E-state index contributed by atoms with van der Waals surface area (Å²) < 4.78 is 2.88. The summed E-state index contributed by atoms with van der Waals surface area (Å²) in [5, 5.41) is 10.9. The van der Waals surface area contributed by atoms with E-state index in [-0.39, 0.29) is 0 Å². The molecule has 0 spiro atoms. The molecule has 1 fully saturated rings. The van der Waals surface area contributed by atoms with Gasteiger partial charge >= 0.3 is 0 Å². The van der Waals surface area contributed by atoms with Gasteiger partial charge in [0.1, 0.15) is 18.7 Å². The minimum atomic E-state index is 0.515. The van der Waals surface area contributed by atoms with Crippen LogP contribution in [0.5, 0.6) is 0 Å². The van der Waals surface area contributed by atoms with Gasteiger partial charge in [-0.3, -0.25) is 4.68 Å². The third-order valence-corrected chi connectivity index (χ3v) is 5.04. The van der Waals surface area contributed by atoms with E-state index in [1.165, 1.54) is 12.1 Å². The fourth-order valence-electron chi connectivity index (χ4n) is 3.10. The number of rotatable bonds is 6. The van der Waals surface area contributed by atoms with Gasteiger partial charge in [-0.25, -0.2) is 9.98 Å². The zero-order chi connectivity index (χ0) is 18.4. The number of aromatic nitrogens is 3. The Bertz CT molecular complexity index is 743. The summed E-state index contributed by atoms with van der Waals surface area (Å²) >= 11 is 3.56. The molecular formula is C18H26BrN7. The molecule has 1 aliphatic rings. The number of hydrogen-bond donors (Lipinski definition) is 2. The normalized spacial score (nSPS) is 17.6. The Morgan fingerprint density at radius 3 is 3.00 bits per heavy atom. The number of nitrogens with zero attached hydrogens (tertiary/aromatic N) is 5. The van der Waals surface area contributed by atoms with Crippen molar-refractivity contribution in [3.8, 4) is 0 Å². The van der Waals surface area contributed by atoms with E-state index < -0.39 is 0 Å². The van der Waals surface area contributed by atoms with Crippen LogP contribution in [0, 0.1) is 5.92 Å². The summed E-state index contributed by atoms with van der Waals surface area (Å²) in [4.78, 5) is 11.3. The van der Waals surface area contributed by atoms with Crippen LogP contribution in [-0.4, -0.2) is 46.9 Å². The van der Waals surface area contributed by atoms with E-state index in [0.29, 0.717) is 12.5 Å². The van der Waals surface area contributed by atoms with Crippen molar-refractivity contribution >= 4 is 27.6 Å². The molecule has 3 rings (SSSR count). The van der Waals surface area contributed by atoms with Crippen LogP contribution >= 0.6 is 15.9 Å². The lowest BCUT2D eigenvalue weighted by Gasteiger charge is -2.19. The molecule has 1 aromatic heterocycles. The first-order valence-corrected chi connectivity index (χ1v) is 9.80. The summed E-state index contributed by atoms with van der Waals surface area (Å²) in [6, 6.07) is 8.51. The van der Waals surface area contributed by atoms with Gasteiger partial charge in [-0.1, -0.05) is 22.0 Å². The number of hydrogen-bond acceptors (Lipinski definition) is 4. The maximum absolute atomic E-state index is 4.62. The van der Waals surface area contributed by atoms with Gasteiger partial charge in [0.05, 0.1) is 0 Å². The monoisotopic (exact) mass is 419 g/mol. The van der Waals surface area contributed by atoms with Gasteiger partial charge in [0.15, 0.2) is 5.96 Å². The first-order chi connectivity index (χ1) is 12.7. The third kappa shape index (κ3) is 4.97. The Morgan fingerprint density at radius 2 is 2.27 bits per heavy atom. The second-order valence-corrected chi connectivity index (χ2v) is 7.37. The van der Waals surface area contributed by atoms with Crippen molar-refractivity contribution in [2.75, 3.05) is 31.1 Å². The number of halogens is 1. The third-order valence-electron chi connectivity index (χ3n) is 4.55. The fraction of sp³-hybridized carbons (Fsp3) is 0.500. The Morgan fingerprint density at radius 1 is 1.38 bits per heavy atom. The summed E-state index contributed by atoms with van der Waals surface area (Å²) in [7, 11) is 1.88. The van der Waals surface area contributed by atoms with E-state index >= 15 is 0 Å². The molecular weight excluding hydrogens is 394 g/mol. The van der Waals surface area contributed by atoms with Crippen LogP contribution in [0.4, 0.5) is 5.69 Å². The Labute approximate surface area is 163 Å². The lowest BCUT2D eigenvalue weighted by atomic mass is 10.1. The molecule has 1 saturated heterocycles. The zero-order valence-electron chi connectivity index (χ0n) is 15.3. The lowest BCUT2D eigenvalue weighted by molar-refractivity contribution is 0.565. The summed E-state index contributed by atoms with van der Waals surface area (Å²) in [6.07, 6.45) is 2.74. The van der Waals surface area contributed by atoms with E-state index in [4.69, 9.17) is 0 Å². The first-order valence-electron chi connectivity index (χ1n) is 9.01. The van der Waals surface area contributed by atoms with Crippen molar-refractivity contribution in [3.63, 3.8) is 0 Å². The van der Waals surface area contributed by atoms with Crippen LogP contribution in [0.1, 0.15) is 19.2 Å². The number of benzene rings is 1. The average molecular weight is 420 g/mol. The highest BCUT2D eigenvalue weighted by molar-refractivity contribution is 9.10. The fourth-order valence-corrected chi connectivity index (χ4v) is 3.49. The van der Waals surface area contributed by atoms with Crippen LogP contribution in [0.3, 0.4) is 0 Å². The van der Waals surface area contributed by atoms with Crippen molar-refractivity contribution in [2.45, 2.75) is 19.9 Å². The van der Waals surface area contributed by atoms with Gasteiger partial charge in [-0.2, -0.15) is 5.10 Å². The minimum absolute atomic E-state index is 0.515.